The van der Waals surface area contributed by atoms with Gasteiger partial charge >= 0.3 is 0 Å². The summed E-state index contributed by atoms with van der Waals surface area (Å²) in [6, 6.07) is 8.01. The molecule has 7 heteroatoms. The molecule has 6 nitrogen and oxygen atoms in total. The largest absolute Gasteiger partial charge is 0.236 e. The Bertz CT molecular complexity index is 721. The average molecular weight is 300 g/mol. The summed E-state index contributed by atoms with van der Waals surface area (Å²) in [6.07, 6.45) is 3.81. The Kier molecular flexibility index (Phi) is 4.40. The molecule has 0 unspecified atom stereocenters. The van der Waals surface area contributed by atoms with Crippen LogP contribution in [-0.4, -0.2) is 30.2 Å². The van der Waals surface area contributed by atoms with Crippen LogP contribution in [0.1, 0.15) is 25.6 Å². The topological polar surface area (TPSA) is 69.4 Å². The molecular weight excluding hydrogens is 284 g/mol. The number of benzene rings is 1. The molecule has 2 heterocycles. The molecule has 0 aliphatic carbocycles. The molecule has 0 atom stereocenters. The Labute approximate surface area is 127 Å². The van der Waals surface area contributed by atoms with E-state index in [1.54, 1.807) is 18.1 Å². The minimum absolute atomic E-state index is 0.706. The van der Waals surface area contributed by atoms with E-state index in [0.29, 0.717) is 5.75 Å². The van der Waals surface area contributed by atoms with Gasteiger partial charge in [0.25, 0.3) is 0 Å². The van der Waals surface area contributed by atoms with Crippen LogP contribution >= 0.6 is 11.8 Å². The van der Waals surface area contributed by atoms with E-state index in [1.165, 1.54) is 0 Å². The first-order valence-electron chi connectivity index (χ1n) is 6.96. The van der Waals surface area contributed by atoms with Crippen LogP contribution in [0.3, 0.4) is 0 Å². The van der Waals surface area contributed by atoms with Crippen molar-refractivity contribution in [2.45, 2.75) is 37.1 Å². The van der Waals surface area contributed by atoms with Gasteiger partial charge < -0.3 is 0 Å². The van der Waals surface area contributed by atoms with E-state index in [1.807, 2.05) is 28.9 Å². The molecule has 0 aliphatic heterocycles. The molecule has 21 heavy (non-hydrogen) atoms. The maximum absolute atomic E-state index is 4.37. The van der Waals surface area contributed by atoms with Crippen LogP contribution in [0.4, 0.5) is 0 Å². The summed E-state index contributed by atoms with van der Waals surface area (Å²) in [4.78, 5) is 8.65. The lowest BCUT2D eigenvalue weighted by atomic mass is 10.2. The number of nitrogens with zero attached hydrogens (tertiary/aromatic N) is 6. The zero-order valence-electron chi connectivity index (χ0n) is 11.8. The van der Waals surface area contributed by atoms with E-state index in [4.69, 9.17) is 0 Å². The molecule has 0 N–H and O–H groups in total. The zero-order valence-corrected chi connectivity index (χ0v) is 12.6. The predicted octanol–water partition coefficient (Wildman–Crippen LogP) is 2.71. The minimum atomic E-state index is 0.706. The standard InChI is InChI=1S/C14H16N6S/c1-2-3-8-20-13(17-18-19-20)9-21-14-11-6-4-5-7-12(11)15-10-16-14/h4-7,10H,2-3,8-9H2,1H3. The molecule has 2 aromatic heterocycles. The first kappa shape index (κ1) is 13.9. The smallest absolute Gasteiger partial charge is 0.161 e. The van der Waals surface area contributed by atoms with Gasteiger partial charge in [-0.25, -0.2) is 14.6 Å². The number of aryl methyl sites for hydroxylation is 1. The van der Waals surface area contributed by atoms with Gasteiger partial charge in [-0.1, -0.05) is 43.3 Å². The van der Waals surface area contributed by atoms with Gasteiger partial charge in [-0.05, 0) is 22.9 Å². The van der Waals surface area contributed by atoms with E-state index in [0.717, 1.165) is 41.1 Å². The second kappa shape index (κ2) is 6.62. The van der Waals surface area contributed by atoms with Crippen LogP contribution in [0.2, 0.25) is 0 Å². The molecule has 3 aromatic rings. The molecule has 0 fully saturated rings. The van der Waals surface area contributed by atoms with Gasteiger partial charge in [0.2, 0.25) is 0 Å². The first-order valence-corrected chi connectivity index (χ1v) is 7.94. The van der Waals surface area contributed by atoms with Crippen molar-refractivity contribution >= 4 is 22.7 Å². The van der Waals surface area contributed by atoms with Gasteiger partial charge in [0.05, 0.1) is 11.3 Å². The Morgan fingerprint density at radius 3 is 3.00 bits per heavy atom. The monoisotopic (exact) mass is 300 g/mol. The number of hydrogen-bond acceptors (Lipinski definition) is 6. The van der Waals surface area contributed by atoms with E-state index in [-0.39, 0.29) is 0 Å². The molecule has 3 rings (SSSR count). The highest BCUT2D eigenvalue weighted by atomic mass is 32.2. The minimum Gasteiger partial charge on any atom is -0.236 e. The maximum Gasteiger partial charge on any atom is 0.161 e. The third kappa shape index (κ3) is 3.18. The molecular formula is C14H16N6S. The molecule has 1 aromatic carbocycles. The highest BCUT2D eigenvalue weighted by Gasteiger charge is 2.09. The van der Waals surface area contributed by atoms with Crippen LogP contribution in [0.5, 0.6) is 0 Å². The SMILES string of the molecule is CCCCn1nnnc1CSc1ncnc2ccccc12. The van der Waals surface area contributed by atoms with Gasteiger partial charge in [-0.15, -0.1) is 5.10 Å². The third-order valence-electron chi connectivity index (χ3n) is 3.17. The van der Waals surface area contributed by atoms with Crippen molar-refractivity contribution in [2.75, 3.05) is 0 Å². The van der Waals surface area contributed by atoms with Crippen molar-refractivity contribution < 1.29 is 0 Å². The number of aromatic nitrogens is 6. The quantitative estimate of drug-likeness (QED) is 0.515. The second-order valence-electron chi connectivity index (χ2n) is 4.66. The Morgan fingerprint density at radius 1 is 1.19 bits per heavy atom. The number of rotatable bonds is 6. The summed E-state index contributed by atoms with van der Waals surface area (Å²) in [6.45, 7) is 3.02. The van der Waals surface area contributed by atoms with Crippen molar-refractivity contribution in [2.24, 2.45) is 0 Å². The van der Waals surface area contributed by atoms with E-state index in [9.17, 15) is 0 Å². The molecule has 0 spiro atoms. The zero-order chi connectivity index (χ0) is 14.5. The first-order chi connectivity index (χ1) is 10.4. The molecule has 0 saturated heterocycles. The Morgan fingerprint density at radius 2 is 2.10 bits per heavy atom. The molecule has 0 aliphatic rings. The fraction of sp³-hybridized carbons (Fsp3) is 0.357. The summed E-state index contributed by atoms with van der Waals surface area (Å²) in [5.74, 6) is 1.59. The van der Waals surface area contributed by atoms with Crippen LogP contribution in [0.25, 0.3) is 10.9 Å². The van der Waals surface area contributed by atoms with Crippen molar-refractivity contribution in [3.63, 3.8) is 0 Å². The molecule has 0 radical (unpaired) electrons. The van der Waals surface area contributed by atoms with Gasteiger partial charge in [0, 0.05) is 11.9 Å². The number of hydrogen-bond donors (Lipinski definition) is 0. The van der Waals surface area contributed by atoms with Crippen LogP contribution in [-0.2, 0) is 12.3 Å². The average Bonchev–Trinajstić information content (AvgIpc) is 2.98. The van der Waals surface area contributed by atoms with Crippen LogP contribution in [0.15, 0.2) is 35.6 Å². The fourth-order valence-corrected chi connectivity index (χ4v) is 2.96. The molecule has 108 valence electrons. The fourth-order valence-electron chi connectivity index (χ4n) is 2.04. The van der Waals surface area contributed by atoms with Crippen LogP contribution < -0.4 is 0 Å². The van der Waals surface area contributed by atoms with Crippen molar-refractivity contribution in [3.05, 3.63) is 36.4 Å². The van der Waals surface area contributed by atoms with Gasteiger partial charge in [-0.3, -0.25) is 0 Å². The van der Waals surface area contributed by atoms with Gasteiger partial charge in [-0.2, -0.15) is 0 Å². The van der Waals surface area contributed by atoms with Gasteiger partial charge in [0.15, 0.2) is 5.82 Å². The summed E-state index contributed by atoms with van der Waals surface area (Å²) in [7, 11) is 0. The maximum atomic E-state index is 4.37. The predicted molar refractivity (Wildman–Crippen MR) is 81.8 cm³/mol. The normalized spacial score (nSPS) is 11.1. The van der Waals surface area contributed by atoms with E-state index >= 15 is 0 Å². The summed E-state index contributed by atoms with van der Waals surface area (Å²) >= 11 is 1.64. The summed E-state index contributed by atoms with van der Waals surface area (Å²) in [5, 5.41) is 13.9. The second-order valence-corrected chi connectivity index (χ2v) is 5.62. The molecule has 0 amide bonds. The molecule has 0 saturated carbocycles. The Hall–Kier alpha value is -2.02. The van der Waals surface area contributed by atoms with Crippen LogP contribution in [0, 0.1) is 0 Å². The summed E-state index contributed by atoms with van der Waals surface area (Å²) < 4.78 is 1.87. The lowest BCUT2D eigenvalue weighted by Crippen LogP contribution is -2.05. The highest BCUT2D eigenvalue weighted by Crippen LogP contribution is 2.26. The lowest BCUT2D eigenvalue weighted by Gasteiger charge is -2.05. The highest BCUT2D eigenvalue weighted by molar-refractivity contribution is 7.98. The number of thioether (sulfide) groups is 1. The lowest BCUT2D eigenvalue weighted by molar-refractivity contribution is 0.540. The van der Waals surface area contributed by atoms with Crippen molar-refractivity contribution in [1.29, 1.82) is 0 Å². The third-order valence-corrected chi connectivity index (χ3v) is 4.18. The van der Waals surface area contributed by atoms with E-state index in [2.05, 4.69) is 32.4 Å². The summed E-state index contributed by atoms with van der Waals surface area (Å²) in [5.41, 5.74) is 0.959. The van der Waals surface area contributed by atoms with E-state index < -0.39 is 0 Å². The number of unbranched alkanes of at least 4 members (excludes halogenated alkanes) is 1. The van der Waals surface area contributed by atoms with Crippen molar-refractivity contribution in [3.8, 4) is 0 Å². The molecule has 0 bridgehead atoms. The number of tetrazole rings is 1. The Balaban J connectivity index is 1.76. The van der Waals surface area contributed by atoms with Crippen molar-refractivity contribution in [1.82, 2.24) is 30.2 Å². The number of fused-ring (bicyclic) bond motifs is 1. The number of para-hydroxylation sites is 1. The van der Waals surface area contributed by atoms with Gasteiger partial charge in [0.1, 0.15) is 11.4 Å².